The van der Waals surface area contributed by atoms with Crippen LogP contribution in [0.4, 0.5) is 23.7 Å². The molecule has 0 aliphatic carbocycles. The van der Waals surface area contributed by atoms with Gasteiger partial charge < -0.3 is 19.3 Å². The second kappa shape index (κ2) is 11.4. The first-order valence-electron chi connectivity index (χ1n) is 12.5. The lowest BCUT2D eigenvalue weighted by molar-refractivity contribution is -0.139. The van der Waals surface area contributed by atoms with Crippen LogP contribution in [0.2, 0.25) is 0 Å². The molecule has 3 amide bonds. The number of esters is 1. The quantitative estimate of drug-likeness (QED) is 0.503. The Bertz CT molecular complexity index is 1410. The van der Waals surface area contributed by atoms with Gasteiger partial charge in [-0.3, -0.25) is 9.69 Å². The molecule has 2 heterocycles. The van der Waals surface area contributed by atoms with Gasteiger partial charge in [-0.1, -0.05) is 12.1 Å². The number of halogens is 3. The molecule has 9 nitrogen and oxygen atoms in total. The van der Waals surface area contributed by atoms with Crippen molar-refractivity contribution in [2.24, 2.45) is 0 Å². The number of benzene rings is 2. The minimum Gasteiger partial charge on any atom is -0.463 e. The first-order valence-corrected chi connectivity index (χ1v) is 12.5. The Kier molecular flexibility index (Phi) is 8.16. The predicted molar refractivity (Wildman–Crippen MR) is 137 cm³/mol. The highest BCUT2D eigenvalue weighted by Crippen LogP contribution is 2.41. The molecule has 1 unspecified atom stereocenters. The van der Waals surface area contributed by atoms with Crippen LogP contribution >= 0.6 is 0 Å². The molecular weight excluding hydrogens is 529 g/mol. The lowest BCUT2D eigenvalue weighted by Crippen LogP contribution is -2.50. The zero-order valence-electron chi connectivity index (χ0n) is 22.1. The average molecular weight is 557 g/mol. The molecule has 12 heteroatoms. The van der Waals surface area contributed by atoms with Gasteiger partial charge in [0.2, 0.25) is 0 Å². The maximum atomic E-state index is 13.7. The Labute approximate surface area is 229 Å². The number of nitriles is 1. The molecule has 4 rings (SSSR count). The third-order valence-corrected chi connectivity index (χ3v) is 6.81. The van der Waals surface area contributed by atoms with Gasteiger partial charge in [0.1, 0.15) is 0 Å². The first-order chi connectivity index (χ1) is 19.0. The van der Waals surface area contributed by atoms with Crippen LogP contribution in [0.25, 0.3) is 0 Å². The lowest BCUT2D eigenvalue weighted by Gasteiger charge is -2.41. The second-order valence-electron chi connectivity index (χ2n) is 9.22. The maximum absolute atomic E-state index is 13.7. The van der Waals surface area contributed by atoms with Crippen molar-refractivity contribution in [1.82, 2.24) is 9.80 Å². The molecule has 0 saturated carbocycles. The number of amides is 3. The summed E-state index contributed by atoms with van der Waals surface area (Å²) in [6.45, 7) is 4.34. The normalized spacial score (nSPS) is 18.1. The van der Waals surface area contributed by atoms with E-state index in [1.54, 1.807) is 11.8 Å². The number of alkyl halides is 3. The monoisotopic (exact) mass is 556 g/mol. The summed E-state index contributed by atoms with van der Waals surface area (Å²) in [7, 11) is 1.39. The van der Waals surface area contributed by atoms with E-state index in [0.29, 0.717) is 26.3 Å². The highest BCUT2D eigenvalue weighted by Gasteiger charge is 2.43. The summed E-state index contributed by atoms with van der Waals surface area (Å²) in [5, 5.41) is 9.51. The molecule has 1 fully saturated rings. The molecule has 40 heavy (non-hydrogen) atoms. The van der Waals surface area contributed by atoms with Gasteiger partial charge in [-0.25, -0.2) is 9.59 Å². The molecular formula is C28H27F3N4O5. The number of hydrogen-bond donors (Lipinski definition) is 0. The number of ether oxygens (including phenoxy) is 2. The number of anilines is 1. The van der Waals surface area contributed by atoms with Crippen molar-refractivity contribution in [3.8, 4) is 6.07 Å². The van der Waals surface area contributed by atoms with Crippen molar-refractivity contribution >= 4 is 23.6 Å². The fourth-order valence-corrected chi connectivity index (χ4v) is 4.87. The third-order valence-electron chi connectivity index (χ3n) is 6.81. The Morgan fingerprint density at radius 3 is 2.48 bits per heavy atom. The van der Waals surface area contributed by atoms with Crippen LogP contribution in [0.1, 0.15) is 46.9 Å². The predicted octanol–water partition coefficient (Wildman–Crippen LogP) is 4.50. The average Bonchev–Trinajstić information content (AvgIpc) is 2.94. The van der Waals surface area contributed by atoms with Crippen molar-refractivity contribution in [2.75, 3.05) is 44.9 Å². The summed E-state index contributed by atoms with van der Waals surface area (Å²) in [5.74, 6) is -1.20. The summed E-state index contributed by atoms with van der Waals surface area (Å²) in [6.07, 6.45) is -4.65. The maximum Gasteiger partial charge on any atom is 0.416 e. The number of rotatable bonds is 5. The molecule has 0 spiro atoms. The van der Waals surface area contributed by atoms with Crippen molar-refractivity contribution in [1.29, 1.82) is 5.26 Å². The number of morpholine rings is 1. The van der Waals surface area contributed by atoms with E-state index in [9.17, 15) is 32.8 Å². The van der Waals surface area contributed by atoms with Crippen LogP contribution in [0.5, 0.6) is 0 Å². The van der Waals surface area contributed by atoms with E-state index in [1.165, 1.54) is 49.2 Å². The standard InChI is InChI=1S/C28H27F3N4O5/c1-4-40-26(37)23-17(2)35(20-7-5-6-19(15-20)28(29,30)31)27(38)33(3)24(23)21-9-8-18(16-32)14-22(21)25(36)34-10-12-39-13-11-34/h5-9,14-15,24H,4,10-13H2,1-3H3. The minimum absolute atomic E-state index is 0.00348. The minimum atomic E-state index is -4.65. The largest absolute Gasteiger partial charge is 0.463 e. The summed E-state index contributed by atoms with van der Waals surface area (Å²) in [4.78, 5) is 44.5. The lowest BCUT2D eigenvalue weighted by atomic mass is 9.88. The van der Waals surface area contributed by atoms with Gasteiger partial charge in [0.15, 0.2) is 0 Å². The van der Waals surface area contributed by atoms with Crippen LogP contribution in [-0.4, -0.2) is 67.7 Å². The number of nitrogens with zero attached hydrogens (tertiary/aromatic N) is 4. The summed E-state index contributed by atoms with van der Waals surface area (Å²) < 4.78 is 51.0. The van der Waals surface area contributed by atoms with Crippen LogP contribution in [-0.2, 0) is 20.4 Å². The highest BCUT2D eigenvalue weighted by molar-refractivity contribution is 6.04. The number of hydrogen-bond acceptors (Lipinski definition) is 6. The zero-order chi connectivity index (χ0) is 29.2. The number of allylic oxidation sites excluding steroid dienone is 1. The SMILES string of the molecule is CCOC(=O)C1=C(C)N(c2cccc(C(F)(F)F)c2)C(=O)N(C)C1c1ccc(C#N)cc1C(=O)N1CCOCC1. The van der Waals surface area contributed by atoms with E-state index in [2.05, 4.69) is 0 Å². The number of carbonyl (C=O) groups excluding carboxylic acids is 3. The van der Waals surface area contributed by atoms with E-state index in [-0.39, 0.29) is 40.3 Å². The molecule has 0 bridgehead atoms. The number of likely N-dealkylation sites (N-methyl/N-ethyl adjacent to an activating group) is 1. The molecule has 0 radical (unpaired) electrons. The van der Waals surface area contributed by atoms with Crippen LogP contribution in [0, 0.1) is 11.3 Å². The summed E-state index contributed by atoms with van der Waals surface area (Å²) >= 11 is 0. The van der Waals surface area contributed by atoms with Crippen molar-refractivity contribution < 1.29 is 37.0 Å². The summed E-state index contributed by atoms with van der Waals surface area (Å²) in [6, 6.07) is 8.77. The number of carbonyl (C=O) groups is 3. The molecule has 0 N–H and O–H groups in total. The molecule has 0 aromatic heterocycles. The molecule has 2 aromatic rings. The van der Waals surface area contributed by atoms with E-state index in [1.807, 2.05) is 6.07 Å². The van der Waals surface area contributed by atoms with Gasteiger partial charge >= 0.3 is 18.2 Å². The van der Waals surface area contributed by atoms with Crippen molar-refractivity contribution in [3.63, 3.8) is 0 Å². The van der Waals surface area contributed by atoms with E-state index in [0.717, 1.165) is 17.0 Å². The molecule has 1 saturated heterocycles. The van der Waals surface area contributed by atoms with Crippen LogP contribution in [0.3, 0.4) is 0 Å². The van der Waals surface area contributed by atoms with E-state index in [4.69, 9.17) is 9.47 Å². The smallest absolute Gasteiger partial charge is 0.416 e. The fourth-order valence-electron chi connectivity index (χ4n) is 4.87. The van der Waals surface area contributed by atoms with Gasteiger partial charge in [0, 0.05) is 31.4 Å². The fraction of sp³-hybridized carbons (Fsp3) is 0.357. The number of urea groups is 1. The Morgan fingerprint density at radius 1 is 1.15 bits per heavy atom. The van der Waals surface area contributed by atoms with E-state index < -0.39 is 35.7 Å². The summed E-state index contributed by atoms with van der Waals surface area (Å²) in [5.41, 5.74) is -0.422. The molecule has 1 atom stereocenters. The Morgan fingerprint density at radius 2 is 1.85 bits per heavy atom. The van der Waals surface area contributed by atoms with Gasteiger partial charge in [0.25, 0.3) is 5.91 Å². The Balaban J connectivity index is 1.91. The highest BCUT2D eigenvalue weighted by atomic mass is 19.4. The van der Waals surface area contributed by atoms with Crippen LogP contribution in [0.15, 0.2) is 53.7 Å². The van der Waals surface area contributed by atoms with E-state index >= 15 is 0 Å². The van der Waals surface area contributed by atoms with Crippen LogP contribution < -0.4 is 4.90 Å². The molecule has 2 aliphatic heterocycles. The molecule has 2 aliphatic rings. The third kappa shape index (κ3) is 5.37. The zero-order valence-corrected chi connectivity index (χ0v) is 22.1. The second-order valence-corrected chi connectivity index (χ2v) is 9.22. The van der Waals surface area contributed by atoms with Crippen molar-refractivity contribution in [3.05, 3.63) is 76.0 Å². The van der Waals surface area contributed by atoms with Crippen molar-refractivity contribution in [2.45, 2.75) is 26.1 Å². The topological polar surface area (TPSA) is 103 Å². The first kappa shape index (κ1) is 28.6. The Hall–Kier alpha value is -4.37. The van der Waals surface area contributed by atoms with Gasteiger partial charge in [-0.05, 0) is 49.7 Å². The molecule has 210 valence electrons. The van der Waals surface area contributed by atoms with Gasteiger partial charge in [-0.15, -0.1) is 0 Å². The molecule has 2 aromatic carbocycles. The van der Waals surface area contributed by atoms with Gasteiger partial charge in [-0.2, -0.15) is 18.4 Å². The van der Waals surface area contributed by atoms with Gasteiger partial charge in [0.05, 0.1) is 54.3 Å².